The fourth-order valence-corrected chi connectivity index (χ4v) is 4.87. The lowest BCUT2D eigenvalue weighted by Crippen LogP contribution is -2.42. The summed E-state index contributed by atoms with van der Waals surface area (Å²) in [6.07, 6.45) is 0. The second-order valence-corrected chi connectivity index (χ2v) is 9.69. The van der Waals surface area contributed by atoms with Crippen LogP contribution in [-0.2, 0) is 23.1 Å². The Balaban J connectivity index is 1.44. The highest BCUT2D eigenvalue weighted by Crippen LogP contribution is 2.23. The van der Waals surface area contributed by atoms with Crippen LogP contribution in [0.25, 0.3) is 11.1 Å². The number of rotatable bonds is 8. The molecule has 0 radical (unpaired) electrons. The molecule has 0 aromatic heterocycles. The fourth-order valence-electron chi connectivity index (χ4n) is 3.85. The summed E-state index contributed by atoms with van der Waals surface area (Å²) in [4.78, 5) is 2.68. The van der Waals surface area contributed by atoms with Crippen LogP contribution in [0.5, 0.6) is 5.75 Å². The summed E-state index contributed by atoms with van der Waals surface area (Å²) in [5.41, 5.74) is 4.41. The highest BCUT2D eigenvalue weighted by molar-refractivity contribution is 7.89. The van der Waals surface area contributed by atoms with E-state index in [1.54, 1.807) is 31.4 Å². The summed E-state index contributed by atoms with van der Waals surface area (Å²) in [5, 5.41) is 3.39. The van der Waals surface area contributed by atoms with Crippen LogP contribution in [-0.4, -0.2) is 46.6 Å². The zero-order valence-electron chi connectivity index (χ0n) is 18.3. The van der Waals surface area contributed by atoms with Crippen molar-refractivity contribution in [3.05, 3.63) is 83.9 Å². The quantitative estimate of drug-likeness (QED) is 0.550. The van der Waals surface area contributed by atoms with Crippen LogP contribution in [0.15, 0.2) is 77.7 Å². The monoisotopic (exact) mass is 451 g/mol. The summed E-state index contributed by atoms with van der Waals surface area (Å²) in [7, 11) is -2.05. The van der Waals surface area contributed by atoms with Crippen molar-refractivity contribution >= 4 is 10.0 Å². The smallest absolute Gasteiger partial charge is 0.240 e. The minimum atomic E-state index is -3.60. The maximum absolute atomic E-state index is 12.6. The predicted molar refractivity (Wildman–Crippen MR) is 127 cm³/mol. The van der Waals surface area contributed by atoms with Crippen LogP contribution < -0.4 is 14.8 Å². The molecule has 2 N–H and O–H groups in total. The van der Waals surface area contributed by atoms with Gasteiger partial charge in [-0.2, -0.15) is 0 Å². The van der Waals surface area contributed by atoms with Gasteiger partial charge in [-0.05, 0) is 58.7 Å². The molecule has 1 saturated heterocycles. The summed E-state index contributed by atoms with van der Waals surface area (Å²) in [6.45, 7) is 5.37. The maximum Gasteiger partial charge on any atom is 0.240 e. The largest absolute Gasteiger partial charge is 0.497 e. The van der Waals surface area contributed by atoms with E-state index in [1.165, 1.54) is 5.56 Å². The third-order valence-electron chi connectivity index (χ3n) is 5.64. The zero-order valence-corrected chi connectivity index (χ0v) is 19.1. The fraction of sp³-hybridized carbons (Fsp3) is 0.280. The van der Waals surface area contributed by atoms with Gasteiger partial charge in [0.05, 0.1) is 12.0 Å². The van der Waals surface area contributed by atoms with Gasteiger partial charge in [0.2, 0.25) is 10.0 Å². The van der Waals surface area contributed by atoms with E-state index >= 15 is 0 Å². The van der Waals surface area contributed by atoms with Gasteiger partial charge in [0.1, 0.15) is 5.75 Å². The Morgan fingerprint density at radius 1 is 0.906 bits per heavy atom. The minimum Gasteiger partial charge on any atom is -0.497 e. The second kappa shape index (κ2) is 10.3. The van der Waals surface area contributed by atoms with Crippen LogP contribution in [0.4, 0.5) is 0 Å². The number of piperazine rings is 1. The third kappa shape index (κ3) is 5.75. The number of nitrogens with zero attached hydrogens (tertiary/aromatic N) is 1. The molecule has 0 amide bonds. The molecule has 7 heteroatoms. The van der Waals surface area contributed by atoms with Gasteiger partial charge in [0.25, 0.3) is 0 Å². The Bertz CT molecular complexity index is 1140. The lowest BCUT2D eigenvalue weighted by atomic mass is 10.0. The first-order valence-electron chi connectivity index (χ1n) is 10.8. The van der Waals surface area contributed by atoms with Gasteiger partial charge < -0.3 is 10.1 Å². The van der Waals surface area contributed by atoms with Crippen LogP contribution in [0.2, 0.25) is 0 Å². The van der Waals surface area contributed by atoms with Crippen molar-refractivity contribution in [1.29, 1.82) is 0 Å². The highest BCUT2D eigenvalue weighted by atomic mass is 32.2. The Kier molecular flexibility index (Phi) is 7.22. The molecule has 4 rings (SSSR count). The molecule has 3 aromatic rings. The standard InChI is InChI=1S/C25H29N3O3S/c1-31-24-8-10-25(11-9-24)32(29,30)27-18-20-4-2-6-22(16-20)23-7-3-5-21(17-23)19-28-14-12-26-13-15-28/h2-11,16-17,26-27H,12-15,18-19H2,1H3. The van der Waals surface area contributed by atoms with Crippen molar-refractivity contribution in [2.24, 2.45) is 0 Å². The molecule has 168 valence electrons. The molecule has 1 aliphatic heterocycles. The molecule has 6 nitrogen and oxygen atoms in total. The van der Waals surface area contributed by atoms with Crippen molar-refractivity contribution in [2.75, 3.05) is 33.3 Å². The number of hydrogen-bond acceptors (Lipinski definition) is 5. The molecule has 1 fully saturated rings. The predicted octanol–water partition coefficient (Wildman–Crippen LogP) is 3.25. The van der Waals surface area contributed by atoms with Crippen molar-refractivity contribution < 1.29 is 13.2 Å². The van der Waals surface area contributed by atoms with E-state index in [2.05, 4.69) is 45.3 Å². The third-order valence-corrected chi connectivity index (χ3v) is 7.06. The summed E-state index contributed by atoms with van der Waals surface area (Å²) in [5.74, 6) is 0.621. The molecular formula is C25H29N3O3S. The van der Waals surface area contributed by atoms with E-state index < -0.39 is 10.0 Å². The van der Waals surface area contributed by atoms with E-state index in [4.69, 9.17) is 4.74 Å². The van der Waals surface area contributed by atoms with Crippen LogP contribution in [0, 0.1) is 0 Å². The van der Waals surface area contributed by atoms with E-state index in [0.29, 0.717) is 5.75 Å². The van der Waals surface area contributed by atoms with E-state index in [1.807, 2.05) is 18.2 Å². The van der Waals surface area contributed by atoms with Crippen LogP contribution in [0.3, 0.4) is 0 Å². The average molecular weight is 452 g/mol. The van der Waals surface area contributed by atoms with Gasteiger partial charge in [0, 0.05) is 39.3 Å². The van der Waals surface area contributed by atoms with Gasteiger partial charge in [-0.15, -0.1) is 0 Å². The number of ether oxygens (including phenoxy) is 1. The van der Waals surface area contributed by atoms with Gasteiger partial charge in [-0.1, -0.05) is 36.4 Å². The average Bonchev–Trinajstić information content (AvgIpc) is 2.84. The van der Waals surface area contributed by atoms with Gasteiger partial charge >= 0.3 is 0 Å². The summed E-state index contributed by atoms with van der Waals surface area (Å²) >= 11 is 0. The van der Waals surface area contributed by atoms with E-state index in [9.17, 15) is 8.42 Å². The topological polar surface area (TPSA) is 70.7 Å². The molecule has 1 aliphatic rings. The number of nitrogens with one attached hydrogen (secondary N) is 2. The van der Waals surface area contributed by atoms with Gasteiger partial charge in [0.15, 0.2) is 0 Å². The molecular weight excluding hydrogens is 422 g/mol. The van der Waals surface area contributed by atoms with E-state index in [-0.39, 0.29) is 11.4 Å². The van der Waals surface area contributed by atoms with Crippen molar-refractivity contribution in [2.45, 2.75) is 18.0 Å². The minimum absolute atomic E-state index is 0.218. The molecule has 0 saturated carbocycles. The molecule has 0 bridgehead atoms. The molecule has 3 aromatic carbocycles. The van der Waals surface area contributed by atoms with Crippen molar-refractivity contribution in [3.63, 3.8) is 0 Å². The first kappa shape index (κ1) is 22.5. The summed E-state index contributed by atoms with van der Waals surface area (Å²) in [6, 6.07) is 23.0. The Morgan fingerprint density at radius 2 is 1.53 bits per heavy atom. The number of sulfonamides is 1. The molecule has 0 spiro atoms. The Hall–Kier alpha value is -2.71. The van der Waals surface area contributed by atoms with E-state index in [0.717, 1.165) is 49.4 Å². The normalized spacial score (nSPS) is 14.9. The molecule has 0 aliphatic carbocycles. The lowest BCUT2D eigenvalue weighted by molar-refractivity contribution is 0.233. The van der Waals surface area contributed by atoms with Crippen LogP contribution >= 0.6 is 0 Å². The van der Waals surface area contributed by atoms with Gasteiger partial charge in [-0.3, -0.25) is 4.90 Å². The molecule has 32 heavy (non-hydrogen) atoms. The number of methoxy groups -OCH3 is 1. The van der Waals surface area contributed by atoms with Crippen molar-refractivity contribution in [3.8, 4) is 16.9 Å². The maximum atomic E-state index is 12.6. The Labute approximate surface area is 190 Å². The Morgan fingerprint density at radius 3 is 2.19 bits per heavy atom. The number of benzene rings is 3. The number of hydrogen-bond donors (Lipinski definition) is 2. The van der Waals surface area contributed by atoms with Crippen LogP contribution in [0.1, 0.15) is 11.1 Å². The molecule has 1 heterocycles. The van der Waals surface area contributed by atoms with Crippen molar-refractivity contribution in [1.82, 2.24) is 14.9 Å². The SMILES string of the molecule is COc1ccc(S(=O)(=O)NCc2cccc(-c3cccc(CN4CCNCC4)c3)c2)cc1. The zero-order chi connectivity index (χ0) is 22.4. The van der Waals surface area contributed by atoms with Gasteiger partial charge in [-0.25, -0.2) is 13.1 Å². The second-order valence-electron chi connectivity index (χ2n) is 7.93. The lowest BCUT2D eigenvalue weighted by Gasteiger charge is -2.27. The molecule has 0 unspecified atom stereocenters. The molecule has 0 atom stereocenters. The highest BCUT2D eigenvalue weighted by Gasteiger charge is 2.14. The first-order valence-corrected chi connectivity index (χ1v) is 12.3. The summed E-state index contributed by atoms with van der Waals surface area (Å²) < 4.78 is 33.1. The first-order chi connectivity index (χ1) is 15.5.